The summed E-state index contributed by atoms with van der Waals surface area (Å²) in [6.07, 6.45) is 1.85. The molecule has 0 radical (unpaired) electrons. The second kappa shape index (κ2) is 7.31. The van der Waals surface area contributed by atoms with Gasteiger partial charge in [-0.15, -0.1) is 0 Å². The highest BCUT2D eigenvalue weighted by Crippen LogP contribution is 2.23. The van der Waals surface area contributed by atoms with Crippen molar-refractivity contribution in [3.8, 4) is 0 Å². The summed E-state index contributed by atoms with van der Waals surface area (Å²) in [7, 11) is 0. The molecule has 4 heteroatoms. The van der Waals surface area contributed by atoms with Gasteiger partial charge < -0.3 is 20.9 Å². The van der Waals surface area contributed by atoms with Crippen molar-refractivity contribution in [2.75, 3.05) is 19.7 Å². The molecule has 0 unspecified atom stereocenters. The van der Waals surface area contributed by atoms with Gasteiger partial charge in [0.05, 0.1) is 23.9 Å². The summed E-state index contributed by atoms with van der Waals surface area (Å²) < 4.78 is 11.7. The first-order valence-corrected chi connectivity index (χ1v) is 6.44. The van der Waals surface area contributed by atoms with Crippen molar-refractivity contribution in [3.05, 3.63) is 0 Å². The van der Waals surface area contributed by atoms with Crippen LogP contribution in [0.15, 0.2) is 0 Å². The van der Waals surface area contributed by atoms with Crippen molar-refractivity contribution in [2.24, 2.45) is 11.5 Å². The Morgan fingerprint density at radius 3 is 2.06 bits per heavy atom. The zero-order valence-corrected chi connectivity index (χ0v) is 12.1. The van der Waals surface area contributed by atoms with Crippen molar-refractivity contribution in [1.29, 1.82) is 0 Å². The summed E-state index contributed by atoms with van der Waals surface area (Å²) >= 11 is 0. The average molecular weight is 246 g/mol. The van der Waals surface area contributed by atoms with E-state index >= 15 is 0 Å². The van der Waals surface area contributed by atoms with Crippen molar-refractivity contribution in [2.45, 2.75) is 64.8 Å². The molecule has 0 fully saturated rings. The smallest absolute Gasteiger partial charge is 0.0651 e. The lowest BCUT2D eigenvalue weighted by Crippen LogP contribution is -2.37. The molecule has 0 bridgehead atoms. The van der Waals surface area contributed by atoms with E-state index in [9.17, 15) is 0 Å². The van der Waals surface area contributed by atoms with E-state index in [0.717, 1.165) is 12.8 Å². The van der Waals surface area contributed by atoms with Gasteiger partial charge in [-0.05, 0) is 47.6 Å². The predicted molar refractivity (Wildman–Crippen MR) is 72.0 cm³/mol. The van der Waals surface area contributed by atoms with Crippen molar-refractivity contribution < 1.29 is 9.47 Å². The number of nitrogens with two attached hydrogens (primary N) is 2. The predicted octanol–water partition coefficient (Wildman–Crippen LogP) is 1.66. The van der Waals surface area contributed by atoms with E-state index in [0.29, 0.717) is 19.7 Å². The fraction of sp³-hybridized carbons (Fsp3) is 1.00. The molecule has 0 spiro atoms. The first kappa shape index (κ1) is 16.8. The Balaban J connectivity index is 4.11. The van der Waals surface area contributed by atoms with Crippen molar-refractivity contribution in [3.63, 3.8) is 0 Å². The van der Waals surface area contributed by atoms with Crippen LogP contribution in [-0.4, -0.2) is 37.0 Å². The molecule has 0 saturated carbocycles. The van der Waals surface area contributed by atoms with Crippen LogP contribution in [0, 0.1) is 0 Å². The van der Waals surface area contributed by atoms with Crippen LogP contribution in [0.2, 0.25) is 0 Å². The van der Waals surface area contributed by atoms with E-state index in [-0.39, 0.29) is 17.3 Å². The molecule has 4 nitrogen and oxygen atoms in total. The zero-order valence-electron chi connectivity index (χ0n) is 12.1. The van der Waals surface area contributed by atoms with E-state index < -0.39 is 0 Å². The van der Waals surface area contributed by atoms with Crippen molar-refractivity contribution in [1.82, 2.24) is 0 Å². The average Bonchev–Trinajstić information content (AvgIpc) is 2.12. The number of ether oxygens (including phenoxy) is 2. The Morgan fingerprint density at radius 1 is 1.00 bits per heavy atom. The third-order valence-corrected chi connectivity index (χ3v) is 2.66. The van der Waals surface area contributed by atoms with Crippen LogP contribution in [0.5, 0.6) is 0 Å². The number of hydrogen-bond donors (Lipinski definition) is 2. The molecule has 0 aliphatic rings. The molecule has 4 N–H and O–H groups in total. The van der Waals surface area contributed by atoms with Gasteiger partial charge >= 0.3 is 0 Å². The first-order valence-electron chi connectivity index (χ1n) is 6.44. The Kier molecular flexibility index (Phi) is 7.24. The molecule has 0 rings (SSSR count). The Morgan fingerprint density at radius 2 is 1.59 bits per heavy atom. The lowest BCUT2D eigenvalue weighted by Gasteiger charge is -2.33. The summed E-state index contributed by atoms with van der Waals surface area (Å²) in [6, 6.07) is 0. The first-order chi connectivity index (χ1) is 7.72. The number of hydrogen-bond acceptors (Lipinski definition) is 4. The van der Waals surface area contributed by atoms with Gasteiger partial charge in [0.25, 0.3) is 0 Å². The van der Waals surface area contributed by atoms with Gasteiger partial charge in [-0.2, -0.15) is 0 Å². The largest absolute Gasteiger partial charge is 0.374 e. The summed E-state index contributed by atoms with van der Waals surface area (Å²) in [4.78, 5) is 0. The fourth-order valence-corrected chi connectivity index (χ4v) is 2.08. The summed E-state index contributed by atoms with van der Waals surface area (Å²) in [6.45, 7) is 12.1. The van der Waals surface area contributed by atoms with E-state index in [1.54, 1.807) is 0 Å². The van der Waals surface area contributed by atoms with Crippen LogP contribution in [0.3, 0.4) is 0 Å². The van der Waals surface area contributed by atoms with Crippen LogP contribution >= 0.6 is 0 Å². The molecule has 17 heavy (non-hydrogen) atoms. The molecule has 104 valence electrons. The van der Waals surface area contributed by atoms with Gasteiger partial charge in [0.15, 0.2) is 0 Å². The number of rotatable bonds is 9. The van der Waals surface area contributed by atoms with Crippen LogP contribution in [0.25, 0.3) is 0 Å². The van der Waals surface area contributed by atoms with Crippen molar-refractivity contribution >= 4 is 0 Å². The normalized spacial score (nSPS) is 15.0. The maximum Gasteiger partial charge on any atom is 0.0651 e. The quantitative estimate of drug-likeness (QED) is 0.649. The molecule has 0 aromatic rings. The van der Waals surface area contributed by atoms with Gasteiger partial charge in [-0.1, -0.05) is 0 Å². The van der Waals surface area contributed by atoms with E-state index in [1.165, 1.54) is 0 Å². The minimum absolute atomic E-state index is 0.143. The van der Waals surface area contributed by atoms with E-state index in [4.69, 9.17) is 20.9 Å². The second-order valence-corrected chi connectivity index (χ2v) is 5.83. The van der Waals surface area contributed by atoms with Gasteiger partial charge in [-0.25, -0.2) is 0 Å². The Labute approximate surface area is 106 Å². The third-order valence-electron chi connectivity index (χ3n) is 2.66. The molecule has 0 aliphatic carbocycles. The van der Waals surface area contributed by atoms with Crippen LogP contribution < -0.4 is 11.5 Å². The third kappa shape index (κ3) is 8.55. The Bertz CT molecular complexity index is 206. The summed E-state index contributed by atoms with van der Waals surface area (Å²) in [5.41, 5.74) is 10.6. The van der Waals surface area contributed by atoms with E-state index in [2.05, 4.69) is 34.6 Å². The molecular formula is C13H30N2O2. The topological polar surface area (TPSA) is 70.5 Å². The molecule has 0 heterocycles. The zero-order chi connectivity index (χ0) is 13.5. The molecule has 0 aromatic carbocycles. The molecule has 0 amide bonds. The van der Waals surface area contributed by atoms with Gasteiger partial charge in [-0.3, -0.25) is 0 Å². The maximum absolute atomic E-state index is 6.00. The van der Waals surface area contributed by atoms with Gasteiger partial charge in [0, 0.05) is 13.0 Å². The highest BCUT2D eigenvalue weighted by molar-refractivity contribution is 4.76. The standard InChI is InChI=1S/C13H30N2O2/c1-11(17-12(2,3)6-7-14)10-13(4,5)16-9-8-15/h11H,6-10,14-15H2,1-5H3/t11-/m1/s1. The van der Waals surface area contributed by atoms with Crippen LogP contribution in [-0.2, 0) is 9.47 Å². The lowest BCUT2D eigenvalue weighted by atomic mass is 9.99. The summed E-state index contributed by atoms with van der Waals surface area (Å²) in [5.74, 6) is 0. The second-order valence-electron chi connectivity index (χ2n) is 5.83. The molecular weight excluding hydrogens is 216 g/mol. The summed E-state index contributed by atoms with van der Waals surface area (Å²) in [5, 5.41) is 0. The van der Waals surface area contributed by atoms with Gasteiger partial charge in [0.1, 0.15) is 0 Å². The van der Waals surface area contributed by atoms with Crippen LogP contribution in [0.4, 0.5) is 0 Å². The van der Waals surface area contributed by atoms with E-state index in [1.807, 2.05) is 0 Å². The molecule has 0 aromatic heterocycles. The minimum Gasteiger partial charge on any atom is -0.374 e. The monoisotopic (exact) mass is 246 g/mol. The highest BCUT2D eigenvalue weighted by Gasteiger charge is 2.26. The SMILES string of the molecule is C[C@H](CC(C)(C)OCCN)OC(C)(C)CCN. The lowest BCUT2D eigenvalue weighted by molar-refractivity contribution is -0.108. The molecule has 0 saturated heterocycles. The Hall–Kier alpha value is -0.160. The fourth-order valence-electron chi connectivity index (χ4n) is 2.08. The molecule has 1 atom stereocenters. The highest BCUT2D eigenvalue weighted by atomic mass is 16.5. The van der Waals surface area contributed by atoms with Crippen LogP contribution in [0.1, 0.15) is 47.5 Å². The maximum atomic E-state index is 6.00. The minimum atomic E-state index is -0.197. The molecule has 0 aliphatic heterocycles. The van der Waals surface area contributed by atoms with Gasteiger partial charge in [0.2, 0.25) is 0 Å².